The zero-order valence-corrected chi connectivity index (χ0v) is 15.4. The van der Waals surface area contributed by atoms with Gasteiger partial charge in [-0.1, -0.05) is 44.2 Å². The maximum Gasteiger partial charge on any atom is 0.336 e. The number of aromatic hydroxyl groups is 1. The van der Waals surface area contributed by atoms with Crippen LogP contribution in [0, 0.1) is 0 Å². The van der Waals surface area contributed by atoms with Crippen LogP contribution in [0.4, 0.5) is 0 Å². The maximum absolute atomic E-state index is 12.1. The highest BCUT2D eigenvalue weighted by Crippen LogP contribution is 2.34. The minimum atomic E-state index is -0.356. The second-order valence-corrected chi connectivity index (χ2v) is 6.60. The highest BCUT2D eigenvalue weighted by atomic mass is 16.4. The molecule has 4 heteroatoms. The third-order valence-corrected chi connectivity index (χ3v) is 4.50. The lowest BCUT2D eigenvalue weighted by molar-refractivity contribution is 0.267. The van der Waals surface area contributed by atoms with E-state index in [1.165, 1.54) is 0 Å². The van der Waals surface area contributed by atoms with Crippen molar-refractivity contribution in [1.29, 1.82) is 0 Å². The van der Waals surface area contributed by atoms with Crippen LogP contribution in [0.2, 0.25) is 0 Å². The standard InChI is InChI=1S/C22H25NO3/c1-3-10-23(11-4-2)15-17-12-22(25)26-21-14-18(20(24)13-19(17)21)16-8-6-5-7-9-16/h5-9,12-14,24H,3-4,10-11,15H2,1-2H3. The van der Waals surface area contributed by atoms with Gasteiger partial charge in [0.05, 0.1) is 0 Å². The summed E-state index contributed by atoms with van der Waals surface area (Å²) in [4.78, 5) is 14.4. The van der Waals surface area contributed by atoms with E-state index in [-0.39, 0.29) is 11.4 Å². The summed E-state index contributed by atoms with van der Waals surface area (Å²) in [5.41, 5.74) is 2.60. The molecule has 0 radical (unpaired) electrons. The van der Waals surface area contributed by atoms with Crippen LogP contribution in [0.5, 0.6) is 5.75 Å². The Balaban J connectivity index is 2.08. The van der Waals surface area contributed by atoms with Gasteiger partial charge in [-0.25, -0.2) is 4.79 Å². The lowest BCUT2D eigenvalue weighted by Crippen LogP contribution is -2.25. The normalized spacial score (nSPS) is 11.3. The van der Waals surface area contributed by atoms with Gasteiger partial charge in [0.2, 0.25) is 0 Å². The number of rotatable bonds is 7. The fourth-order valence-electron chi connectivity index (χ4n) is 3.38. The van der Waals surface area contributed by atoms with E-state index >= 15 is 0 Å². The van der Waals surface area contributed by atoms with Gasteiger partial charge in [0.15, 0.2) is 0 Å². The van der Waals surface area contributed by atoms with E-state index in [9.17, 15) is 9.90 Å². The number of hydrogen-bond acceptors (Lipinski definition) is 4. The average molecular weight is 351 g/mol. The van der Waals surface area contributed by atoms with E-state index in [2.05, 4.69) is 18.7 Å². The third-order valence-electron chi connectivity index (χ3n) is 4.50. The number of benzene rings is 2. The molecule has 1 N–H and O–H groups in total. The molecule has 0 saturated heterocycles. The summed E-state index contributed by atoms with van der Waals surface area (Å²) in [6, 6.07) is 14.6. The predicted octanol–water partition coefficient (Wildman–Crippen LogP) is 4.79. The van der Waals surface area contributed by atoms with Crippen LogP contribution in [-0.4, -0.2) is 23.1 Å². The summed E-state index contributed by atoms with van der Waals surface area (Å²) in [6.45, 7) is 6.93. The van der Waals surface area contributed by atoms with Gasteiger partial charge in [-0.2, -0.15) is 0 Å². The van der Waals surface area contributed by atoms with Gasteiger partial charge in [0.25, 0.3) is 0 Å². The SMILES string of the molecule is CCCN(CCC)Cc1cc(=O)oc2cc(-c3ccccc3)c(O)cc12. The van der Waals surface area contributed by atoms with Crippen molar-refractivity contribution < 1.29 is 9.52 Å². The number of fused-ring (bicyclic) bond motifs is 1. The average Bonchev–Trinajstić information content (AvgIpc) is 2.63. The molecule has 0 aliphatic rings. The molecule has 3 rings (SSSR count). The molecule has 2 aromatic carbocycles. The van der Waals surface area contributed by atoms with Gasteiger partial charge in [-0.15, -0.1) is 0 Å². The van der Waals surface area contributed by atoms with Crippen LogP contribution < -0.4 is 5.63 Å². The lowest BCUT2D eigenvalue weighted by atomic mass is 10.0. The molecular weight excluding hydrogens is 326 g/mol. The summed E-state index contributed by atoms with van der Waals surface area (Å²) in [5, 5.41) is 11.4. The first-order valence-electron chi connectivity index (χ1n) is 9.20. The van der Waals surface area contributed by atoms with Crippen LogP contribution >= 0.6 is 0 Å². The summed E-state index contributed by atoms with van der Waals surface area (Å²) in [6.07, 6.45) is 2.12. The molecule has 4 nitrogen and oxygen atoms in total. The molecule has 0 atom stereocenters. The van der Waals surface area contributed by atoms with Crippen molar-refractivity contribution in [1.82, 2.24) is 4.90 Å². The van der Waals surface area contributed by atoms with Gasteiger partial charge < -0.3 is 9.52 Å². The second kappa shape index (κ2) is 8.19. The molecule has 0 unspecified atom stereocenters. The molecule has 0 aliphatic carbocycles. The van der Waals surface area contributed by atoms with Crippen LogP contribution in [0.3, 0.4) is 0 Å². The monoisotopic (exact) mass is 351 g/mol. The van der Waals surface area contributed by atoms with Crippen molar-refractivity contribution in [2.45, 2.75) is 33.2 Å². The summed E-state index contributed by atoms with van der Waals surface area (Å²) >= 11 is 0. The van der Waals surface area contributed by atoms with Crippen LogP contribution in [0.15, 0.2) is 57.7 Å². The van der Waals surface area contributed by atoms with Gasteiger partial charge in [-0.05, 0) is 49.2 Å². The van der Waals surface area contributed by atoms with Crippen molar-refractivity contribution >= 4 is 11.0 Å². The predicted molar refractivity (Wildman–Crippen MR) is 105 cm³/mol. The first-order chi connectivity index (χ1) is 12.6. The molecule has 0 fully saturated rings. The van der Waals surface area contributed by atoms with E-state index in [0.29, 0.717) is 17.7 Å². The van der Waals surface area contributed by atoms with E-state index in [1.54, 1.807) is 18.2 Å². The molecule has 0 amide bonds. The van der Waals surface area contributed by atoms with E-state index < -0.39 is 0 Å². The Hall–Kier alpha value is -2.59. The van der Waals surface area contributed by atoms with Gasteiger partial charge in [0, 0.05) is 23.6 Å². The van der Waals surface area contributed by atoms with Crippen LogP contribution in [-0.2, 0) is 6.54 Å². The minimum Gasteiger partial charge on any atom is -0.507 e. The Labute approximate surface area is 153 Å². The van der Waals surface area contributed by atoms with Crippen LogP contribution in [0.1, 0.15) is 32.3 Å². The fourth-order valence-corrected chi connectivity index (χ4v) is 3.38. The van der Waals surface area contributed by atoms with Crippen molar-refractivity contribution in [2.75, 3.05) is 13.1 Å². The minimum absolute atomic E-state index is 0.191. The summed E-state index contributed by atoms with van der Waals surface area (Å²) in [7, 11) is 0. The lowest BCUT2D eigenvalue weighted by Gasteiger charge is -2.21. The number of phenolic OH excluding ortho intramolecular Hbond substituents is 1. The van der Waals surface area contributed by atoms with Crippen LogP contribution in [0.25, 0.3) is 22.1 Å². The first kappa shape index (κ1) is 18.2. The zero-order valence-electron chi connectivity index (χ0n) is 15.4. The Morgan fingerprint density at radius 2 is 1.69 bits per heavy atom. The molecule has 0 aliphatic heterocycles. The molecule has 136 valence electrons. The molecule has 26 heavy (non-hydrogen) atoms. The van der Waals surface area contributed by atoms with Crippen molar-refractivity contribution in [3.05, 3.63) is 64.5 Å². The van der Waals surface area contributed by atoms with Gasteiger partial charge in [-0.3, -0.25) is 4.90 Å². The summed E-state index contributed by atoms with van der Waals surface area (Å²) < 4.78 is 5.44. The molecule has 3 aromatic rings. The Kier molecular flexibility index (Phi) is 5.74. The van der Waals surface area contributed by atoms with Crippen molar-refractivity contribution in [2.24, 2.45) is 0 Å². The quantitative estimate of drug-likeness (QED) is 0.622. The first-order valence-corrected chi connectivity index (χ1v) is 9.20. The number of hydrogen-bond donors (Lipinski definition) is 1. The van der Waals surface area contributed by atoms with Crippen molar-refractivity contribution in [3.8, 4) is 16.9 Å². The highest BCUT2D eigenvalue weighted by Gasteiger charge is 2.14. The Morgan fingerprint density at radius 3 is 2.35 bits per heavy atom. The number of phenols is 1. The molecule has 1 aromatic heterocycles. The van der Waals surface area contributed by atoms with E-state index in [4.69, 9.17) is 4.42 Å². The van der Waals surface area contributed by atoms with Gasteiger partial charge >= 0.3 is 5.63 Å². The van der Waals surface area contributed by atoms with Gasteiger partial charge in [0.1, 0.15) is 11.3 Å². The number of nitrogens with zero attached hydrogens (tertiary/aromatic N) is 1. The molecular formula is C22H25NO3. The smallest absolute Gasteiger partial charge is 0.336 e. The fraction of sp³-hybridized carbons (Fsp3) is 0.318. The summed E-state index contributed by atoms with van der Waals surface area (Å²) in [5.74, 6) is 0.191. The second-order valence-electron chi connectivity index (χ2n) is 6.60. The maximum atomic E-state index is 12.1. The third kappa shape index (κ3) is 3.97. The molecule has 0 spiro atoms. The topological polar surface area (TPSA) is 53.7 Å². The molecule has 0 saturated carbocycles. The van der Waals surface area contributed by atoms with E-state index in [1.807, 2.05) is 30.3 Å². The molecule has 0 bridgehead atoms. The Morgan fingerprint density at radius 1 is 1.00 bits per heavy atom. The zero-order chi connectivity index (χ0) is 18.5. The molecule has 1 heterocycles. The van der Waals surface area contributed by atoms with Crippen molar-refractivity contribution in [3.63, 3.8) is 0 Å². The Bertz CT molecular complexity index is 925. The highest BCUT2D eigenvalue weighted by molar-refractivity contribution is 5.88. The van der Waals surface area contributed by atoms with E-state index in [0.717, 1.165) is 42.4 Å². The largest absolute Gasteiger partial charge is 0.507 e.